The Morgan fingerprint density at radius 3 is 2.50 bits per heavy atom. The van der Waals surface area contributed by atoms with Gasteiger partial charge in [0.2, 0.25) is 5.91 Å². The molecule has 0 saturated carbocycles. The van der Waals surface area contributed by atoms with Gasteiger partial charge < -0.3 is 5.32 Å². The molecular formula is C16H20N4O3S. The van der Waals surface area contributed by atoms with Crippen LogP contribution in [0.15, 0.2) is 34.2 Å². The predicted molar refractivity (Wildman–Crippen MR) is 94.3 cm³/mol. The van der Waals surface area contributed by atoms with Gasteiger partial charge in [-0.3, -0.25) is 19.5 Å². The SMILES string of the molecule is CNC(=O)NC(=O)[C@H](C)Sc1nc2ccccc2c(=O)n1C(C)C. The van der Waals surface area contributed by atoms with Crippen molar-refractivity contribution < 1.29 is 9.59 Å². The van der Waals surface area contributed by atoms with Crippen LogP contribution in [0.4, 0.5) is 4.79 Å². The Labute approximate surface area is 143 Å². The molecule has 2 aromatic rings. The molecule has 0 saturated heterocycles. The Morgan fingerprint density at radius 2 is 1.88 bits per heavy atom. The summed E-state index contributed by atoms with van der Waals surface area (Å²) in [6.07, 6.45) is 0. The van der Waals surface area contributed by atoms with Crippen LogP contribution in [0, 0.1) is 0 Å². The Hall–Kier alpha value is -2.35. The number of carbonyl (C=O) groups excluding carboxylic acids is 2. The second kappa shape index (κ2) is 7.48. The Bertz CT molecular complexity index is 832. The summed E-state index contributed by atoms with van der Waals surface area (Å²) in [7, 11) is 1.43. The Balaban J connectivity index is 2.40. The summed E-state index contributed by atoms with van der Waals surface area (Å²) >= 11 is 1.15. The van der Waals surface area contributed by atoms with Crippen LogP contribution < -0.4 is 16.2 Å². The highest BCUT2D eigenvalue weighted by Crippen LogP contribution is 2.24. The number of hydrogen-bond acceptors (Lipinski definition) is 5. The maximum Gasteiger partial charge on any atom is 0.321 e. The molecule has 128 valence electrons. The molecule has 0 aliphatic carbocycles. The van der Waals surface area contributed by atoms with Gasteiger partial charge in [-0.25, -0.2) is 9.78 Å². The minimum atomic E-state index is -0.583. The molecule has 0 unspecified atom stereocenters. The van der Waals surface area contributed by atoms with E-state index < -0.39 is 17.2 Å². The average Bonchev–Trinajstić information content (AvgIpc) is 2.54. The number of aromatic nitrogens is 2. The van der Waals surface area contributed by atoms with Crippen molar-refractivity contribution in [1.82, 2.24) is 20.2 Å². The molecule has 2 N–H and O–H groups in total. The number of fused-ring (bicyclic) bond motifs is 1. The third-order valence-corrected chi connectivity index (χ3v) is 4.47. The van der Waals surface area contributed by atoms with Gasteiger partial charge in [0.15, 0.2) is 5.16 Å². The summed E-state index contributed by atoms with van der Waals surface area (Å²) in [5.74, 6) is -0.447. The topological polar surface area (TPSA) is 93.1 Å². The zero-order chi connectivity index (χ0) is 17.9. The molecule has 0 bridgehead atoms. The van der Waals surface area contributed by atoms with Crippen LogP contribution in [-0.2, 0) is 4.79 Å². The van der Waals surface area contributed by atoms with E-state index in [-0.39, 0.29) is 11.6 Å². The van der Waals surface area contributed by atoms with Crippen LogP contribution in [0.25, 0.3) is 10.9 Å². The number of amides is 3. The minimum absolute atomic E-state index is 0.105. The van der Waals surface area contributed by atoms with Gasteiger partial charge in [-0.15, -0.1) is 0 Å². The van der Waals surface area contributed by atoms with E-state index in [1.807, 2.05) is 19.9 Å². The monoisotopic (exact) mass is 348 g/mol. The smallest absolute Gasteiger partial charge is 0.321 e. The summed E-state index contributed by atoms with van der Waals surface area (Å²) in [6.45, 7) is 5.43. The van der Waals surface area contributed by atoms with Crippen LogP contribution in [-0.4, -0.2) is 33.8 Å². The van der Waals surface area contributed by atoms with Crippen LogP contribution in [0.1, 0.15) is 26.8 Å². The van der Waals surface area contributed by atoms with Crippen LogP contribution in [0.5, 0.6) is 0 Å². The zero-order valence-electron chi connectivity index (χ0n) is 14.0. The van der Waals surface area contributed by atoms with Crippen LogP contribution in [0.3, 0.4) is 0 Å². The molecule has 2 rings (SSSR count). The van der Waals surface area contributed by atoms with Gasteiger partial charge in [-0.2, -0.15) is 0 Å². The van der Waals surface area contributed by atoms with Crippen molar-refractivity contribution in [2.45, 2.75) is 37.2 Å². The Kier molecular flexibility index (Phi) is 5.61. The molecular weight excluding hydrogens is 328 g/mol. The first-order chi connectivity index (χ1) is 11.3. The molecule has 1 aromatic heterocycles. The maximum atomic E-state index is 12.7. The second-order valence-corrected chi connectivity index (χ2v) is 6.82. The lowest BCUT2D eigenvalue weighted by Crippen LogP contribution is -2.41. The molecule has 24 heavy (non-hydrogen) atoms. The third-order valence-electron chi connectivity index (χ3n) is 3.41. The molecule has 1 heterocycles. The van der Waals surface area contributed by atoms with E-state index in [0.29, 0.717) is 16.1 Å². The van der Waals surface area contributed by atoms with E-state index in [1.54, 1.807) is 29.7 Å². The molecule has 7 nitrogen and oxygen atoms in total. The number of thioether (sulfide) groups is 1. The Morgan fingerprint density at radius 1 is 1.21 bits per heavy atom. The highest BCUT2D eigenvalue weighted by atomic mass is 32.2. The molecule has 0 radical (unpaired) electrons. The fourth-order valence-corrected chi connectivity index (χ4v) is 3.19. The standard InChI is InChI=1S/C16H20N4O3S/c1-9(2)20-14(22)11-7-5-6-8-12(11)18-16(20)24-10(3)13(21)19-15(23)17-4/h5-10H,1-4H3,(H2,17,19,21,23)/t10-/m0/s1. The van der Waals surface area contributed by atoms with Gasteiger partial charge in [0.25, 0.3) is 5.56 Å². The van der Waals surface area contributed by atoms with Gasteiger partial charge in [0, 0.05) is 13.1 Å². The number of imide groups is 1. The number of para-hydroxylation sites is 1. The lowest BCUT2D eigenvalue weighted by molar-refractivity contribution is -0.119. The summed E-state index contributed by atoms with van der Waals surface area (Å²) in [5, 5.41) is 4.96. The first-order valence-corrected chi connectivity index (χ1v) is 8.43. The summed E-state index contributed by atoms with van der Waals surface area (Å²) in [6, 6.07) is 6.43. The molecule has 1 atom stereocenters. The van der Waals surface area contributed by atoms with Crippen molar-refractivity contribution >= 4 is 34.6 Å². The van der Waals surface area contributed by atoms with Gasteiger partial charge >= 0.3 is 6.03 Å². The van der Waals surface area contributed by atoms with Crippen molar-refractivity contribution in [2.75, 3.05) is 7.05 Å². The van der Waals surface area contributed by atoms with E-state index in [0.717, 1.165) is 11.8 Å². The molecule has 3 amide bonds. The molecule has 0 aliphatic heterocycles. The fraction of sp³-hybridized carbons (Fsp3) is 0.375. The van der Waals surface area contributed by atoms with Crippen LogP contribution in [0.2, 0.25) is 0 Å². The maximum absolute atomic E-state index is 12.7. The van der Waals surface area contributed by atoms with Crippen molar-refractivity contribution in [2.24, 2.45) is 0 Å². The highest BCUT2D eigenvalue weighted by Gasteiger charge is 2.21. The third kappa shape index (κ3) is 3.76. The normalized spacial score (nSPS) is 12.2. The number of urea groups is 1. The van der Waals surface area contributed by atoms with E-state index in [2.05, 4.69) is 15.6 Å². The molecule has 8 heteroatoms. The highest BCUT2D eigenvalue weighted by molar-refractivity contribution is 8.00. The van der Waals surface area contributed by atoms with Gasteiger partial charge in [-0.05, 0) is 32.9 Å². The number of benzene rings is 1. The quantitative estimate of drug-likeness (QED) is 0.650. The first kappa shape index (κ1) is 18.0. The lowest BCUT2D eigenvalue weighted by atomic mass is 10.2. The summed E-state index contributed by atoms with van der Waals surface area (Å²) in [5.41, 5.74) is 0.442. The molecule has 1 aromatic carbocycles. The molecule has 0 aliphatic rings. The first-order valence-electron chi connectivity index (χ1n) is 7.55. The largest absolute Gasteiger partial charge is 0.341 e. The number of hydrogen-bond donors (Lipinski definition) is 2. The number of rotatable bonds is 4. The van der Waals surface area contributed by atoms with Gasteiger partial charge in [0.1, 0.15) is 0 Å². The fourth-order valence-electron chi connectivity index (χ4n) is 2.15. The van der Waals surface area contributed by atoms with E-state index >= 15 is 0 Å². The average molecular weight is 348 g/mol. The van der Waals surface area contributed by atoms with E-state index in [9.17, 15) is 14.4 Å². The number of carbonyl (C=O) groups is 2. The van der Waals surface area contributed by atoms with Gasteiger partial charge in [0.05, 0.1) is 16.2 Å². The zero-order valence-corrected chi connectivity index (χ0v) is 14.8. The van der Waals surface area contributed by atoms with Crippen molar-refractivity contribution in [3.05, 3.63) is 34.6 Å². The predicted octanol–water partition coefficient (Wildman–Crippen LogP) is 1.91. The van der Waals surface area contributed by atoms with E-state index in [1.165, 1.54) is 7.05 Å². The number of nitrogens with zero attached hydrogens (tertiary/aromatic N) is 2. The molecule has 0 spiro atoms. The van der Waals surface area contributed by atoms with Crippen molar-refractivity contribution in [1.29, 1.82) is 0 Å². The lowest BCUT2D eigenvalue weighted by Gasteiger charge is -2.18. The van der Waals surface area contributed by atoms with Crippen LogP contribution >= 0.6 is 11.8 Å². The minimum Gasteiger partial charge on any atom is -0.341 e. The second-order valence-electron chi connectivity index (χ2n) is 5.51. The summed E-state index contributed by atoms with van der Waals surface area (Å²) in [4.78, 5) is 40.5. The van der Waals surface area contributed by atoms with E-state index in [4.69, 9.17) is 0 Å². The van der Waals surface area contributed by atoms with Crippen molar-refractivity contribution in [3.8, 4) is 0 Å². The molecule has 0 fully saturated rings. The van der Waals surface area contributed by atoms with Crippen molar-refractivity contribution in [3.63, 3.8) is 0 Å². The number of nitrogens with one attached hydrogen (secondary N) is 2. The van der Waals surface area contributed by atoms with Gasteiger partial charge in [-0.1, -0.05) is 23.9 Å². The summed E-state index contributed by atoms with van der Waals surface area (Å²) < 4.78 is 1.57.